The molecule has 0 fully saturated rings. The lowest BCUT2D eigenvalue weighted by molar-refractivity contribution is 0.614. The second-order valence-electron chi connectivity index (χ2n) is 4.17. The summed E-state index contributed by atoms with van der Waals surface area (Å²) in [5.74, 6) is 0.181. The monoisotopic (exact) mass is 260 g/mol. The van der Waals surface area contributed by atoms with Crippen LogP contribution in [0, 0.1) is 5.82 Å². The minimum absolute atomic E-state index is 0.330. The van der Waals surface area contributed by atoms with Crippen LogP contribution in [0.25, 0.3) is 5.65 Å². The summed E-state index contributed by atoms with van der Waals surface area (Å²) < 4.78 is 16.4. The van der Waals surface area contributed by atoms with Crippen LogP contribution in [0.3, 0.4) is 0 Å². The molecule has 0 saturated heterocycles. The number of nitrogens with zero attached hydrogens (tertiary/aromatic N) is 5. The van der Waals surface area contributed by atoms with Gasteiger partial charge in [0.05, 0.1) is 12.5 Å². The number of pyridine rings is 1. The van der Waals surface area contributed by atoms with Crippen LogP contribution >= 0.6 is 0 Å². The second kappa shape index (κ2) is 5.05. The zero-order chi connectivity index (χ0) is 13.1. The fourth-order valence-corrected chi connectivity index (χ4v) is 1.81. The van der Waals surface area contributed by atoms with Crippen molar-refractivity contribution in [3.05, 3.63) is 42.9 Å². The van der Waals surface area contributed by atoms with Gasteiger partial charge in [-0.1, -0.05) is 0 Å². The van der Waals surface area contributed by atoms with E-state index in [1.807, 2.05) is 10.8 Å². The molecule has 0 spiro atoms. The fraction of sp³-hybridized carbons (Fsp3) is 0.250. The number of aromatic nitrogens is 5. The molecule has 0 saturated carbocycles. The summed E-state index contributed by atoms with van der Waals surface area (Å²) in [6.07, 6.45) is 7.70. The number of imidazole rings is 1. The second-order valence-corrected chi connectivity index (χ2v) is 4.17. The summed E-state index contributed by atoms with van der Waals surface area (Å²) in [4.78, 5) is 8.22. The summed E-state index contributed by atoms with van der Waals surface area (Å²) in [6.45, 7) is 1.63. The molecule has 0 amide bonds. The highest BCUT2D eigenvalue weighted by atomic mass is 19.1. The lowest BCUT2D eigenvalue weighted by Gasteiger charge is -2.02. The Morgan fingerprint density at radius 3 is 3.11 bits per heavy atom. The van der Waals surface area contributed by atoms with E-state index >= 15 is 0 Å². The van der Waals surface area contributed by atoms with Gasteiger partial charge in [-0.3, -0.25) is 0 Å². The molecule has 0 aliphatic carbocycles. The summed E-state index contributed by atoms with van der Waals surface area (Å²) >= 11 is 0. The third-order valence-corrected chi connectivity index (χ3v) is 2.73. The molecule has 0 aliphatic heterocycles. The minimum atomic E-state index is -0.330. The molecule has 0 unspecified atom stereocenters. The molecule has 7 heteroatoms. The van der Waals surface area contributed by atoms with E-state index in [1.54, 1.807) is 18.6 Å². The number of hydrogen-bond donors (Lipinski definition) is 1. The number of fused-ring (bicyclic) bond motifs is 1. The van der Waals surface area contributed by atoms with Crippen molar-refractivity contribution in [2.24, 2.45) is 0 Å². The number of rotatable bonds is 5. The predicted octanol–water partition coefficient (Wildman–Crippen LogP) is 1.57. The quantitative estimate of drug-likeness (QED) is 0.707. The SMILES string of the molecule is Fc1ccc2nc(NCCCn3ccnc3)nn2c1. The minimum Gasteiger partial charge on any atom is -0.353 e. The third-order valence-electron chi connectivity index (χ3n) is 2.73. The van der Waals surface area contributed by atoms with Crippen LogP contribution in [0.1, 0.15) is 6.42 Å². The van der Waals surface area contributed by atoms with Gasteiger partial charge in [-0.05, 0) is 18.6 Å². The molecule has 3 rings (SSSR count). The molecule has 3 aromatic heterocycles. The van der Waals surface area contributed by atoms with Crippen LogP contribution in [0.5, 0.6) is 0 Å². The first kappa shape index (κ1) is 11.6. The zero-order valence-corrected chi connectivity index (χ0v) is 10.2. The Morgan fingerprint density at radius 1 is 1.32 bits per heavy atom. The van der Waals surface area contributed by atoms with E-state index in [2.05, 4.69) is 20.4 Å². The van der Waals surface area contributed by atoms with Crippen molar-refractivity contribution in [2.45, 2.75) is 13.0 Å². The largest absolute Gasteiger partial charge is 0.353 e. The van der Waals surface area contributed by atoms with Crippen molar-refractivity contribution >= 4 is 11.6 Å². The lowest BCUT2D eigenvalue weighted by Crippen LogP contribution is -2.06. The molecular weight excluding hydrogens is 247 g/mol. The maximum atomic E-state index is 13.0. The zero-order valence-electron chi connectivity index (χ0n) is 10.2. The average Bonchev–Trinajstić information content (AvgIpc) is 3.02. The van der Waals surface area contributed by atoms with Gasteiger partial charge in [0.1, 0.15) is 5.82 Å². The standard InChI is InChI=1S/C12H13FN6/c13-10-2-3-11-16-12(17-19(11)8-10)15-4-1-6-18-7-5-14-9-18/h2-3,5,7-9H,1,4,6H2,(H,15,17). The van der Waals surface area contributed by atoms with Crippen molar-refractivity contribution in [3.8, 4) is 0 Å². The van der Waals surface area contributed by atoms with Gasteiger partial charge in [-0.25, -0.2) is 13.9 Å². The number of halogens is 1. The van der Waals surface area contributed by atoms with E-state index in [1.165, 1.54) is 16.8 Å². The van der Waals surface area contributed by atoms with Gasteiger partial charge in [0.15, 0.2) is 5.65 Å². The van der Waals surface area contributed by atoms with Gasteiger partial charge < -0.3 is 9.88 Å². The molecule has 0 aliphatic rings. The molecule has 3 aromatic rings. The molecule has 0 bridgehead atoms. The molecule has 6 nitrogen and oxygen atoms in total. The summed E-state index contributed by atoms with van der Waals surface area (Å²) in [5.41, 5.74) is 0.624. The molecule has 98 valence electrons. The Morgan fingerprint density at radius 2 is 2.26 bits per heavy atom. The van der Waals surface area contributed by atoms with Gasteiger partial charge in [-0.15, -0.1) is 5.10 Å². The van der Waals surface area contributed by atoms with Crippen molar-refractivity contribution < 1.29 is 4.39 Å². The molecular formula is C12H13FN6. The van der Waals surface area contributed by atoms with Gasteiger partial charge in [0.25, 0.3) is 0 Å². The van der Waals surface area contributed by atoms with Crippen LogP contribution in [0.4, 0.5) is 10.3 Å². The number of anilines is 1. The maximum absolute atomic E-state index is 13.0. The average molecular weight is 260 g/mol. The number of hydrogen-bond acceptors (Lipinski definition) is 4. The van der Waals surface area contributed by atoms with Gasteiger partial charge >= 0.3 is 0 Å². The Kier molecular flexibility index (Phi) is 3.09. The van der Waals surface area contributed by atoms with Gasteiger partial charge in [0, 0.05) is 25.5 Å². The van der Waals surface area contributed by atoms with E-state index in [0.717, 1.165) is 19.5 Å². The van der Waals surface area contributed by atoms with Gasteiger partial charge in [-0.2, -0.15) is 4.98 Å². The van der Waals surface area contributed by atoms with Crippen molar-refractivity contribution in [2.75, 3.05) is 11.9 Å². The number of aryl methyl sites for hydroxylation is 1. The summed E-state index contributed by atoms with van der Waals surface area (Å²) in [5, 5.41) is 7.26. The van der Waals surface area contributed by atoms with Crippen LogP contribution in [-0.2, 0) is 6.54 Å². The first-order chi connectivity index (χ1) is 9.31. The molecule has 0 aromatic carbocycles. The Balaban J connectivity index is 1.56. The van der Waals surface area contributed by atoms with Crippen LogP contribution in [-0.4, -0.2) is 30.7 Å². The lowest BCUT2D eigenvalue weighted by atomic mass is 10.4. The fourth-order valence-electron chi connectivity index (χ4n) is 1.81. The van der Waals surface area contributed by atoms with Crippen LogP contribution < -0.4 is 5.32 Å². The van der Waals surface area contributed by atoms with Gasteiger partial charge in [0.2, 0.25) is 5.95 Å². The van der Waals surface area contributed by atoms with E-state index in [9.17, 15) is 4.39 Å². The highest BCUT2D eigenvalue weighted by Crippen LogP contribution is 2.06. The molecule has 1 N–H and O–H groups in total. The molecule has 0 atom stereocenters. The topological polar surface area (TPSA) is 60.0 Å². The molecule has 0 radical (unpaired) electrons. The van der Waals surface area contributed by atoms with E-state index < -0.39 is 0 Å². The van der Waals surface area contributed by atoms with Crippen LogP contribution in [0.2, 0.25) is 0 Å². The maximum Gasteiger partial charge on any atom is 0.243 e. The van der Waals surface area contributed by atoms with E-state index in [-0.39, 0.29) is 5.82 Å². The smallest absolute Gasteiger partial charge is 0.243 e. The summed E-state index contributed by atoms with van der Waals surface area (Å²) in [7, 11) is 0. The first-order valence-electron chi connectivity index (χ1n) is 6.03. The van der Waals surface area contributed by atoms with Crippen molar-refractivity contribution in [1.29, 1.82) is 0 Å². The number of nitrogens with one attached hydrogen (secondary N) is 1. The first-order valence-corrected chi connectivity index (χ1v) is 6.03. The Hall–Kier alpha value is -2.44. The van der Waals surface area contributed by atoms with Crippen LogP contribution in [0.15, 0.2) is 37.1 Å². The normalized spacial score (nSPS) is 11.0. The third kappa shape index (κ3) is 2.70. The Bertz CT molecular complexity index is 660. The summed E-state index contributed by atoms with van der Waals surface area (Å²) in [6, 6.07) is 2.96. The highest BCUT2D eigenvalue weighted by molar-refractivity contribution is 5.42. The predicted molar refractivity (Wildman–Crippen MR) is 68.3 cm³/mol. The van der Waals surface area contributed by atoms with Crippen molar-refractivity contribution in [1.82, 2.24) is 24.1 Å². The highest BCUT2D eigenvalue weighted by Gasteiger charge is 2.03. The van der Waals surface area contributed by atoms with E-state index in [0.29, 0.717) is 11.6 Å². The van der Waals surface area contributed by atoms with E-state index in [4.69, 9.17) is 0 Å². The molecule has 19 heavy (non-hydrogen) atoms. The molecule has 3 heterocycles. The Labute approximate surface area is 108 Å². The van der Waals surface area contributed by atoms with Crippen molar-refractivity contribution in [3.63, 3.8) is 0 Å².